The molecule has 1 spiro atoms. The SMILES string of the molecule is COc1ccc(N2CCN[C@@H](Cc3ccccc3)C2)c2c1OC1(CCCC1)C2. The van der Waals surface area contributed by atoms with Crippen LogP contribution in [0.25, 0.3) is 0 Å². The quantitative estimate of drug-likeness (QED) is 0.873. The molecule has 4 heteroatoms. The summed E-state index contributed by atoms with van der Waals surface area (Å²) in [6, 6.07) is 15.6. The molecular weight excluding hydrogens is 348 g/mol. The number of hydrogen-bond acceptors (Lipinski definition) is 4. The van der Waals surface area contributed by atoms with Gasteiger partial charge in [-0.3, -0.25) is 0 Å². The fraction of sp³-hybridized carbons (Fsp3) is 0.500. The van der Waals surface area contributed by atoms with E-state index < -0.39 is 0 Å². The van der Waals surface area contributed by atoms with Crippen molar-refractivity contribution in [2.24, 2.45) is 0 Å². The molecule has 5 rings (SSSR count). The first kappa shape index (κ1) is 17.9. The maximum atomic E-state index is 6.56. The average Bonchev–Trinajstić information content (AvgIpc) is 3.34. The van der Waals surface area contributed by atoms with Crippen molar-refractivity contribution in [3.8, 4) is 11.5 Å². The van der Waals surface area contributed by atoms with Gasteiger partial charge in [-0.15, -0.1) is 0 Å². The van der Waals surface area contributed by atoms with Gasteiger partial charge < -0.3 is 19.7 Å². The largest absolute Gasteiger partial charge is 0.493 e. The number of nitrogens with one attached hydrogen (secondary N) is 1. The summed E-state index contributed by atoms with van der Waals surface area (Å²) < 4.78 is 12.2. The summed E-state index contributed by atoms with van der Waals surface area (Å²) in [5.41, 5.74) is 4.12. The molecule has 3 aliphatic rings. The van der Waals surface area contributed by atoms with Gasteiger partial charge in [-0.1, -0.05) is 30.3 Å². The Morgan fingerprint density at radius 3 is 2.75 bits per heavy atom. The van der Waals surface area contributed by atoms with Gasteiger partial charge in [0.1, 0.15) is 5.60 Å². The molecule has 1 N–H and O–H groups in total. The Hall–Kier alpha value is -2.20. The van der Waals surface area contributed by atoms with E-state index in [-0.39, 0.29) is 5.60 Å². The minimum absolute atomic E-state index is 0.0171. The van der Waals surface area contributed by atoms with Crippen molar-refractivity contribution < 1.29 is 9.47 Å². The molecule has 0 aromatic heterocycles. The minimum atomic E-state index is 0.0171. The predicted molar refractivity (Wildman–Crippen MR) is 113 cm³/mol. The van der Waals surface area contributed by atoms with Crippen molar-refractivity contribution >= 4 is 5.69 Å². The van der Waals surface area contributed by atoms with Crippen LogP contribution in [-0.2, 0) is 12.8 Å². The normalized spacial score (nSPS) is 22.9. The lowest BCUT2D eigenvalue weighted by molar-refractivity contribution is 0.0996. The molecule has 2 fully saturated rings. The van der Waals surface area contributed by atoms with E-state index in [2.05, 4.69) is 52.7 Å². The van der Waals surface area contributed by atoms with Crippen LogP contribution in [0.5, 0.6) is 11.5 Å². The van der Waals surface area contributed by atoms with Gasteiger partial charge in [-0.05, 0) is 49.8 Å². The molecule has 4 nitrogen and oxygen atoms in total. The molecule has 2 aliphatic heterocycles. The fourth-order valence-corrected chi connectivity index (χ4v) is 5.29. The standard InChI is InChI=1S/C24H30N2O2/c1-27-22-10-9-21(20-16-24(28-23(20)22)11-5-6-12-24)26-14-13-25-19(17-26)15-18-7-3-2-4-8-18/h2-4,7-10,19,25H,5-6,11-17H2,1H3/t19-/m0/s1. The molecule has 2 aromatic carbocycles. The highest BCUT2D eigenvalue weighted by atomic mass is 16.5. The van der Waals surface area contributed by atoms with Crippen molar-refractivity contribution in [3.05, 3.63) is 53.6 Å². The van der Waals surface area contributed by atoms with Crippen molar-refractivity contribution in [2.45, 2.75) is 50.2 Å². The second-order valence-electron chi connectivity index (χ2n) is 8.55. The lowest BCUT2D eigenvalue weighted by Gasteiger charge is -2.36. The number of piperazine rings is 1. The van der Waals surface area contributed by atoms with Gasteiger partial charge in [0, 0.05) is 43.3 Å². The van der Waals surface area contributed by atoms with Gasteiger partial charge >= 0.3 is 0 Å². The van der Waals surface area contributed by atoms with Crippen molar-refractivity contribution in [3.63, 3.8) is 0 Å². The predicted octanol–water partition coefficient (Wildman–Crippen LogP) is 3.96. The molecule has 148 valence electrons. The van der Waals surface area contributed by atoms with E-state index in [0.29, 0.717) is 6.04 Å². The van der Waals surface area contributed by atoms with E-state index in [4.69, 9.17) is 9.47 Å². The molecule has 2 aromatic rings. The first-order valence-corrected chi connectivity index (χ1v) is 10.7. The number of fused-ring (bicyclic) bond motifs is 1. The molecule has 1 saturated heterocycles. The van der Waals surface area contributed by atoms with E-state index in [1.54, 1.807) is 7.11 Å². The zero-order valence-corrected chi connectivity index (χ0v) is 16.7. The van der Waals surface area contributed by atoms with Gasteiger partial charge in [0.25, 0.3) is 0 Å². The number of ether oxygens (including phenoxy) is 2. The monoisotopic (exact) mass is 378 g/mol. The Balaban J connectivity index is 1.40. The van der Waals surface area contributed by atoms with Crippen LogP contribution >= 0.6 is 0 Å². The Morgan fingerprint density at radius 1 is 1.14 bits per heavy atom. The van der Waals surface area contributed by atoms with Gasteiger partial charge in [0.15, 0.2) is 11.5 Å². The molecule has 0 unspecified atom stereocenters. The van der Waals surface area contributed by atoms with Crippen molar-refractivity contribution in [1.29, 1.82) is 0 Å². The second-order valence-corrected chi connectivity index (χ2v) is 8.55. The van der Waals surface area contributed by atoms with E-state index in [0.717, 1.165) is 44.0 Å². The number of nitrogens with zero attached hydrogens (tertiary/aromatic N) is 1. The summed E-state index contributed by atoms with van der Waals surface area (Å²) in [7, 11) is 1.75. The molecule has 28 heavy (non-hydrogen) atoms. The molecule has 0 amide bonds. The average molecular weight is 379 g/mol. The number of rotatable bonds is 4. The maximum Gasteiger partial charge on any atom is 0.167 e. The maximum absolute atomic E-state index is 6.56. The third kappa shape index (κ3) is 3.24. The lowest BCUT2D eigenvalue weighted by Crippen LogP contribution is -2.51. The third-order valence-corrected chi connectivity index (χ3v) is 6.67. The molecule has 1 atom stereocenters. The topological polar surface area (TPSA) is 33.7 Å². The summed E-state index contributed by atoms with van der Waals surface area (Å²) >= 11 is 0. The van der Waals surface area contributed by atoms with Crippen LogP contribution in [0.1, 0.15) is 36.8 Å². The van der Waals surface area contributed by atoms with Gasteiger partial charge in [-0.25, -0.2) is 0 Å². The van der Waals surface area contributed by atoms with Crippen molar-refractivity contribution in [2.75, 3.05) is 31.6 Å². The number of hydrogen-bond donors (Lipinski definition) is 1. The third-order valence-electron chi connectivity index (χ3n) is 6.67. The first-order valence-electron chi connectivity index (χ1n) is 10.7. The Bertz CT molecular complexity index is 830. The smallest absolute Gasteiger partial charge is 0.167 e. The zero-order valence-electron chi connectivity index (χ0n) is 16.7. The zero-order chi connectivity index (χ0) is 19.0. The lowest BCUT2D eigenvalue weighted by atomic mass is 9.94. The summed E-state index contributed by atoms with van der Waals surface area (Å²) in [5, 5.41) is 3.71. The van der Waals surface area contributed by atoms with Gasteiger partial charge in [0.2, 0.25) is 0 Å². The minimum Gasteiger partial charge on any atom is -0.493 e. The van der Waals surface area contributed by atoms with E-state index in [9.17, 15) is 0 Å². The van der Waals surface area contributed by atoms with Crippen LogP contribution in [0.3, 0.4) is 0 Å². The van der Waals surface area contributed by atoms with Crippen LogP contribution < -0.4 is 19.7 Å². The summed E-state index contributed by atoms with van der Waals surface area (Å²) in [4.78, 5) is 2.56. The van der Waals surface area contributed by atoms with Crippen LogP contribution in [0.2, 0.25) is 0 Å². The highest BCUT2D eigenvalue weighted by Gasteiger charge is 2.44. The summed E-state index contributed by atoms with van der Waals surface area (Å²) in [5.74, 6) is 1.89. The second kappa shape index (κ2) is 7.32. The Kier molecular flexibility index (Phi) is 4.67. The van der Waals surface area contributed by atoms with Crippen molar-refractivity contribution in [1.82, 2.24) is 5.32 Å². The molecular formula is C24H30N2O2. The first-order chi connectivity index (χ1) is 13.8. The number of anilines is 1. The van der Waals surface area contributed by atoms with Gasteiger partial charge in [-0.2, -0.15) is 0 Å². The van der Waals surface area contributed by atoms with E-state index in [1.165, 1.54) is 42.5 Å². The summed E-state index contributed by atoms with van der Waals surface area (Å²) in [6.07, 6.45) is 6.99. The Labute approximate surface area is 167 Å². The van der Waals surface area contributed by atoms with E-state index in [1.807, 2.05) is 0 Å². The molecule has 1 saturated carbocycles. The highest BCUT2D eigenvalue weighted by molar-refractivity contribution is 5.67. The Morgan fingerprint density at radius 2 is 1.96 bits per heavy atom. The van der Waals surface area contributed by atoms with Crippen LogP contribution in [0.4, 0.5) is 5.69 Å². The number of methoxy groups -OCH3 is 1. The highest BCUT2D eigenvalue weighted by Crippen LogP contribution is 2.51. The van der Waals surface area contributed by atoms with Crippen LogP contribution in [-0.4, -0.2) is 38.4 Å². The molecule has 1 aliphatic carbocycles. The van der Waals surface area contributed by atoms with Gasteiger partial charge in [0.05, 0.1) is 7.11 Å². The number of benzene rings is 2. The summed E-state index contributed by atoms with van der Waals surface area (Å²) in [6.45, 7) is 3.09. The molecule has 0 bridgehead atoms. The van der Waals surface area contributed by atoms with E-state index >= 15 is 0 Å². The fourth-order valence-electron chi connectivity index (χ4n) is 5.29. The molecule has 0 radical (unpaired) electrons. The van der Waals surface area contributed by atoms with Crippen LogP contribution in [0, 0.1) is 0 Å². The van der Waals surface area contributed by atoms with Crippen LogP contribution in [0.15, 0.2) is 42.5 Å². The molecule has 2 heterocycles.